The number of aliphatic hydroxyl groups excluding tert-OH is 1. The van der Waals surface area contributed by atoms with Gasteiger partial charge in [-0.3, -0.25) is 14.9 Å². The van der Waals surface area contributed by atoms with Gasteiger partial charge in [-0.05, 0) is 58.1 Å². The van der Waals surface area contributed by atoms with Crippen molar-refractivity contribution >= 4 is 11.8 Å². The molecule has 1 fully saturated rings. The molecule has 35 heavy (non-hydrogen) atoms. The summed E-state index contributed by atoms with van der Waals surface area (Å²) in [6.45, 7) is 12.9. The smallest absolute Gasteiger partial charge is 0.240 e. The van der Waals surface area contributed by atoms with Crippen LogP contribution in [0.3, 0.4) is 0 Å². The highest BCUT2D eigenvalue weighted by Crippen LogP contribution is 2.27. The van der Waals surface area contributed by atoms with Crippen molar-refractivity contribution in [3.8, 4) is 0 Å². The number of likely N-dealkylation sites (tertiary alicyclic amines) is 1. The van der Waals surface area contributed by atoms with E-state index in [9.17, 15) is 14.7 Å². The molecular formula is C27H47N5O3. The second-order valence-corrected chi connectivity index (χ2v) is 11.2. The number of nitrogens with zero attached hydrogens (tertiary/aromatic N) is 2. The maximum atomic E-state index is 13.7. The number of rotatable bonds is 11. The van der Waals surface area contributed by atoms with Crippen LogP contribution in [-0.4, -0.2) is 83.3 Å². The third kappa shape index (κ3) is 8.00. The molecule has 0 bridgehead atoms. The molecule has 1 aliphatic rings. The quantitative estimate of drug-likeness (QED) is 0.352. The van der Waals surface area contributed by atoms with Gasteiger partial charge in [0.25, 0.3) is 0 Å². The first-order valence-electron chi connectivity index (χ1n) is 12.9. The van der Waals surface area contributed by atoms with E-state index < -0.39 is 23.7 Å². The number of likely N-dealkylation sites (N-methyl/N-ethyl adjacent to an activating group) is 1. The number of hydrogen-bond donors (Lipinski definition) is 4. The maximum absolute atomic E-state index is 13.7. The summed E-state index contributed by atoms with van der Waals surface area (Å²) < 4.78 is 0. The summed E-state index contributed by atoms with van der Waals surface area (Å²) in [4.78, 5) is 30.8. The van der Waals surface area contributed by atoms with Gasteiger partial charge in [-0.2, -0.15) is 0 Å². The number of carbonyl (C=O) groups is 2. The maximum Gasteiger partial charge on any atom is 0.240 e. The Morgan fingerprint density at radius 2 is 1.83 bits per heavy atom. The molecule has 5 N–H and O–H groups in total. The van der Waals surface area contributed by atoms with Crippen LogP contribution in [0.5, 0.6) is 0 Å². The molecule has 0 spiro atoms. The van der Waals surface area contributed by atoms with Crippen LogP contribution in [0.25, 0.3) is 0 Å². The van der Waals surface area contributed by atoms with Gasteiger partial charge in [0.2, 0.25) is 11.8 Å². The van der Waals surface area contributed by atoms with Gasteiger partial charge in [0.1, 0.15) is 6.23 Å². The molecule has 0 aromatic heterocycles. The summed E-state index contributed by atoms with van der Waals surface area (Å²) in [7, 11) is 1.78. The number of hydrogen-bond acceptors (Lipinski definition) is 6. The fourth-order valence-corrected chi connectivity index (χ4v) is 4.60. The molecule has 1 unspecified atom stereocenters. The lowest BCUT2D eigenvalue weighted by Crippen LogP contribution is -2.61. The van der Waals surface area contributed by atoms with Gasteiger partial charge < -0.3 is 26.0 Å². The fraction of sp³-hybridized carbons (Fsp3) is 0.704. The van der Waals surface area contributed by atoms with Crippen LogP contribution in [0.15, 0.2) is 30.3 Å². The van der Waals surface area contributed by atoms with Gasteiger partial charge in [0.15, 0.2) is 0 Å². The van der Waals surface area contributed by atoms with Crippen LogP contribution < -0.4 is 16.4 Å². The highest BCUT2D eigenvalue weighted by Gasteiger charge is 2.41. The topological polar surface area (TPSA) is 111 Å². The van der Waals surface area contributed by atoms with Gasteiger partial charge in [-0.1, -0.05) is 51.1 Å². The van der Waals surface area contributed by atoms with E-state index in [1.165, 1.54) is 0 Å². The van der Waals surface area contributed by atoms with Crippen molar-refractivity contribution in [3.05, 3.63) is 35.9 Å². The Morgan fingerprint density at radius 3 is 2.37 bits per heavy atom. The molecule has 1 aromatic carbocycles. The molecular weight excluding hydrogens is 442 g/mol. The summed E-state index contributed by atoms with van der Waals surface area (Å²) in [5.74, 6) is -0.126. The summed E-state index contributed by atoms with van der Waals surface area (Å²) >= 11 is 0. The number of carbonyl (C=O) groups excluding carboxylic acids is 2. The van der Waals surface area contributed by atoms with E-state index >= 15 is 0 Å². The zero-order chi connectivity index (χ0) is 26.3. The molecule has 8 nitrogen and oxygen atoms in total. The zero-order valence-corrected chi connectivity index (χ0v) is 22.6. The molecule has 1 aromatic rings. The molecule has 1 aliphatic heterocycles. The Morgan fingerprint density at radius 1 is 1.20 bits per heavy atom. The van der Waals surface area contributed by atoms with Crippen LogP contribution in [-0.2, 0) is 16.0 Å². The SMILES string of the molecule is CN[C@@H](C)C(O)N[C@H](C(=O)N1CCC[C@H]1CN(C(=O)[C@H](N)Cc1ccccc1)C(C)C)C(C)(C)C. The first kappa shape index (κ1) is 29.2. The Hall–Kier alpha value is -2.00. The molecule has 0 saturated carbocycles. The summed E-state index contributed by atoms with van der Waals surface area (Å²) in [6.07, 6.45) is 1.34. The first-order valence-corrected chi connectivity index (χ1v) is 12.9. The Kier molecular flexibility index (Phi) is 10.7. The molecule has 1 heterocycles. The van der Waals surface area contributed by atoms with Crippen molar-refractivity contribution in [3.63, 3.8) is 0 Å². The van der Waals surface area contributed by atoms with E-state index in [1.54, 1.807) is 7.05 Å². The van der Waals surface area contributed by atoms with Crippen molar-refractivity contribution in [1.29, 1.82) is 0 Å². The average molecular weight is 490 g/mol. The van der Waals surface area contributed by atoms with Crippen LogP contribution >= 0.6 is 0 Å². The number of nitrogens with one attached hydrogen (secondary N) is 2. The van der Waals surface area contributed by atoms with Crippen molar-refractivity contribution < 1.29 is 14.7 Å². The third-order valence-corrected chi connectivity index (χ3v) is 6.97. The minimum absolute atomic E-state index is 0.0308. The first-order chi connectivity index (χ1) is 16.4. The largest absolute Gasteiger partial charge is 0.377 e. The standard InChI is InChI=1S/C27H47N5O3/c1-18(2)32(25(34)22(28)16-20-12-9-8-10-13-20)17-21-14-11-15-31(21)26(35)23(27(4,5)6)30-24(33)19(3)29-7/h8-10,12-13,18-19,21-24,29-30,33H,11,14-17,28H2,1-7H3/t19-,21-,22+,23+,24?/m0/s1. The van der Waals surface area contributed by atoms with Gasteiger partial charge in [0.05, 0.1) is 12.1 Å². The number of aliphatic hydroxyl groups is 1. The van der Waals surface area contributed by atoms with E-state index in [2.05, 4.69) is 10.6 Å². The highest BCUT2D eigenvalue weighted by atomic mass is 16.3. The normalized spacial score (nSPS) is 19.9. The molecule has 5 atom stereocenters. The predicted molar refractivity (Wildman–Crippen MR) is 141 cm³/mol. The van der Waals surface area contributed by atoms with Gasteiger partial charge >= 0.3 is 0 Å². The number of amides is 2. The lowest BCUT2D eigenvalue weighted by molar-refractivity contribution is -0.142. The Balaban J connectivity index is 2.15. The molecule has 0 radical (unpaired) electrons. The number of nitrogens with two attached hydrogens (primary N) is 1. The van der Waals surface area contributed by atoms with Gasteiger partial charge in [0, 0.05) is 31.2 Å². The molecule has 2 amide bonds. The van der Waals surface area contributed by atoms with Crippen molar-refractivity contribution in [2.45, 2.75) is 97.2 Å². The highest BCUT2D eigenvalue weighted by molar-refractivity contribution is 5.84. The van der Waals surface area contributed by atoms with E-state index in [0.717, 1.165) is 18.4 Å². The van der Waals surface area contributed by atoms with Crippen molar-refractivity contribution in [1.82, 2.24) is 20.4 Å². The van der Waals surface area contributed by atoms with Crippen LogP contribution in [0.4, 0.5) is 0 Å². The third-order valence-electron chi connectivity index (χ3n) is 6.97. The summed E-state index contributed by atoms with van der Waals surface area (Å²) in [6, 6.07) is 8.29. The molecule has 198 valence electrons. The van der Waals surface area contributed by atoms with Gasteiger partial charge in [-0.15, -0.1) is 0 Å². The minimum Gasteiger partial charge on any atom is -0.377 e. The van der Waals surface area contributed by atoms with Crippen LogP contribution in [0, 0.1) is 5.41 Å². The lowest BCUT2D eigenvalue weighted by Gasteiger charge is -2.39. The van der Waals surface area contributed by atoms with Crippen molar-refractivity contribution in [2.75, 3.05) is 20.1 Å². The second kappa shape index (κ2) is 12.8. The van der Waals surface area contributed by atoms with Crippen LogP contribution in [0.1, 0.15) is 59.9 Å². The van der Waals surface area contributed by atoms with E-state index in [0.29, 0.717) is 19.5 Å². The lowest BCUT2D eigenvalue weighted by atomic mass is 9.85. The van der Waals surface area contributed by atoms with E-state index in [-0.39, 0.29) is 29.9 Å². The average Bonchev–Trinajstić information content (AvgIpc) is 3.27. The summed E-state index contributed by atoms with van der Waals surface area (Å²) in [5, 5.41) is 16.7. The Labute approximate surface area is 211 Å². The number of benzene rings is 1. The Bertz CT molecular complexity index is 811. The monoisotopic (exact) mass is 489 g/mol. The molecule has 8 heteroatoms. The summed E-state index contributed by atoms with van der Waals surface area (Å²) in [5.41, 5.74) is 6.97. The van der Waals surface area contributed by atoms with Crippen molar-refractivity contribution in [2.24, 2.45) is 11.1 Å². The fourth-order valence-electron chi connectivity index (χ4n) is 4.60. The van der Waals surface area contributed by atoms with Gasteiger partial charge in [-0.25, -0.2) is 0 Å². The van der Waals surface area contributed by atoms with Crippen LogP contribution in [0.2, 0.25) is 0 Å². The zero-order valence-electron chi connectivity index (χ0n) is 22.6. The molecule has 1 saturated heterocycles. The van der Waals surface area contributed by atoms with E-state index in [1.807, 2.05) is 81.7 Å². The minimum atomic E-state index is -0.862. The molecule has 0 aliphatic carbocycles. The molecule has 2 rings (SSSR count). The predicted octanol–water partition coefficient (Wildman–Crippen LogP) is 1.72. The van der Waals surface area contributed by atoms with E-state index in [4.69, 9.17) is 5.73 Å². The second-order valence-electron chi connectivity index (χ2n) is 11.2.